The summed E-state index contributed by atoms with van der Waals surface area (Å²) >= 11 is 0. The van der Waals surface area contributed by atoms with Crippen LogP contribution in [0.1, 0.15) is 46.8 Å². The summed E-state index contributed by atoms with van der Waals surface area (Å²) in [5.41, 5.74) is 2.46. The lowest BCUT2D eigenvalue weighted by molar-refractivity contribution is -0.150. The highest BCUT2D eigenvalue weighted by molar-refractivity contribution is 6.15. The zero-order valence-corrected chi connectivity index (χ0v) is 17.8. The second-order valence-corrected chi connectivity index (χ2v) is 7.95. The Hall–Kier alpha value is -3.19. The number of nitrogens with zero attached hydrogens (tertiary/aromatic N) is 2. The first kappa shape index (κ1) is 21.1. The number of carbonyl (C=O) groups is 2. The number of Topliss-reactive ketones (excluding diaryl/α,β-unsaturated/α-hetero) is 1. The number of ketones is 1. The highest BCUT2D eigenvalue weighted by Gasteiger charge is 2.35. The monoisotopic (exact) mass is 422 g/mol. The topological polar surface area (TPSA) is 89.0 Å². The van der Waals surface area contributed by atoms with Gasteiger partial charge < -0.3 is 14.6 Å². The molecule has 162 valence electrons. The van der Waals surface area contributed by atoms with E-state index in [-0.39, 0.29) is 29.2 Å². The molecule has 0 saturated carbocycles. The van der Waals surface area contributed by atoms with Gasteiger partial charge in [0.05, 0.1) is 23.7 Å². The van der Waals surface area contributed by atoms with E-state index in [1.165, 1.54) is 0 Å². The summed E-state index contributed by atoms with van der Waals surface area (Å²) in [4.78, 5) is 31.4. The van der Waals surface area contributed by atoms with Gasteiger partial charge in [0.1, 0.15) is 11.5 Å². The number of likely N-dealkylation sites (tertiary alicyclic amines) is 1. The number of hydrogen-bond donors (Lipinski definition) is 1. The van der Waals surface area contributed by atoms with Crippen LogP contribution >= 0.6 is 0 Å². The Bertz CT molecular complexity index is 1030. The molecular formula is C24H26N2O5. The van der Waals surface area contributed by atoms with Crippen molar-refractivity contribution in [3.63, 3.8) is 0 Å². The number of phenols is 1. The van der Waals surface area contributed by atoms with Crippen molar-refractivity contribution < 1.29 is 24.2 Å². The van der Waals surface area contributed by atoms with Crippen LogP contribution in [0, 0.1) is 12.8 Å². The number of allylic oxidation sites excluding steroid dienone is 1. The van der Waals surface area contributed by atoms with Gasteiger partial charge in [0.15, 0.2) is 5.76 Å². The average Bonchev–Trinajstić information content (AvgIpc) is 3.08. The van der Waals surface area contributed by atoms with E-state index in [1.807, 2.05) is 6.07 Å². The standard InChI is InChI=1S/C24H26N2O5/c1-3-30-24(29)17-7-5-9-26(13-17)14-18-19(27)10-15(2)21-22(28)20(31-23(18)21)11-16-6-4-8-25-12-16/h4,6,8,10-12,17,27H,3,5,7,9,13-14H2,1-2H3/b20-11-/t17-/m1/s1. The fourth-order valence-electron chi connectivity index (χ4n) is 4.22. The van der Waals surface area contributed by atoms with Gasteiger partial charge in [-0.05, 0) is 62.6 Å². The molecule has 1 atom stereocenters. The summed E-state index contributed by atoms with van der Waals surface area (Å²) in [6.07, 6.45) is 6.63. The highest BCUT2D eigenvalue weighted by atomic mass is 16.5. The predicted molar refractivity (Wildman–Crippen MR) is 115 cm³/mol. The Morgan fingerprint density at radius 1 is 1.45 bits per heavy atom. The van der Waals surface area contributed by atoms with Crippen molar-refractivity contribution in [1.29, 1.82) is 0 Å². The highest BCUT2D eigenvalue weighted by Crippen LogP contribution is 2.42. The van der Waals surface area contributed by atoms with E-state index in [2.05, 4.69) is 9.88 Å². The third-order valence-corrected chi connectivity index (χ3v) is 5.71. The van der Waals surface area contributed by atoms with E-state index in [0.717, 1.165) is 24.9 Å². The summed E-state index contributed by atoms with van der Waals surface area (Å²) in [5.74, 6) is 0.124. The van der Waals surface area contributed by atoms with E-state index in [1.54, 1.807) is 44.4 Å². The van der Waals surface area contributed by atoms with E-state index in [4.69, 9.17) is 9.47 Å². The number of fused-ring (bicyclic) bond motifs is 1. The zero-order chi connectivity index (χ0) is 22.0. The number of carbonyl (C=O) groups excluding carboxylic acids is 2. The molecule has 7 nitrogen and oxygen atoms in total. The van der Waals surface area contributed by atoms with Gasteiger partial charge in [0.25, 0.3) is 0 Å². The molecule has 7 heteroatoms. The number of aryl methyl sites for hydroxylation is 1. The molecule has 1 fully saturated rings. The first-order chi connectivity index (χ1) is 15.0. The van der Waals surface area contributed by atoms with Crippen LogP contribution in [0.3, 0.4) is 0 Å². The third-order valence-electron chi connectivity index (χ3n) is 5.71. The van der Waals surface area contributed by atoms with Crippen LogP contribution in [0.5, 0.6) is 11.5 Å². The molecular weight excluding hydrogens is 396 g/mol. The molecule has 2 aromatic rings. The van der Waals surface area contributed by atoms with Crippen LogP contribution in [0.15, 0.2) is 36.4 Å². The van der Waals surface area contributed by atoms with Crippen molar-refractivity contribution in [3.05, 3.63) is 58.6 Å². The molecule has 0 aliphatic carbocycles. The van der Waals surface area contributed by atoms with Gasteiger partial charge in [-0.3, -0.25) is 19.5 Å². The second-order valence-electron chi connectivity index (χ2n) is 7.95. The van der Waals surface area contributed by atoms with E-state index < -0.39 is 0 Å². The lowest BCUT2D eigenvalue weighted by atomic mass is 9.96. The number of hydrogen-bond acceptors (Lipinski definition) is 7. The predicted octanol–water partition coefficient (Wildman–Crippen LogP) is 3.49. The molecule has 1 saturated heterocycles. The van der Waals surface area contributed by atoms with Gasteiger partial charge >= 0.3 is 5.97 Å². The van der Waals surface area contributed by atoms with E-state index in [0.29, 0.717) is 42.1 Å². The smallest absolute Gasteiger partial charge is 0.310 e. The molecule has 1 aromatic heterocycles. The maximum absolute atomic E-state index is 13.0. The zero-order valence-electron chi connectivity index (χ0n) is 17.8. The fourth-order valence-corrected chi connectivity index (χ4v) is 4.22. The lowest BCUT2D eigenvalue weighted by Gasteiger charge is -2.31. The normalized spacial score (nSPS) is 19.9. The van der Waals surface area contributed by atoms with Crippen molar-refractivity contribution in [2.75, 3.05) is 19.7 Å². The summed E-state index contributed by atoms with van der Waals surface area (Å²) in [6, 6.07) is 5.24. The van der Waals surface area contributed by atoms with Crippen molar-refractivity contribution in [2.24, 2.45) is 5.92 Å². The Morgan fingerprint density at radius 3 is 3.03 bits per heavy atom. The first-order valence-corrected chi connectivity index (χ1v) is 10.6. The lowest BCUT2D eigenvalue weighted by Crippen LogP contribution is -2.39. The van der Waals surface area contributed by atoms with Gasteiger partial charge in [-0.1, -0.05) is 6.07 Å². The average molecular weight is 422 g/mol. The van der Waals surface area contributed by atoms with Gasteiger partial charge in [0, 0.05) is 25.5 Å². The van der Waals surface area contributed by atoms with Gasteiger partial charge in [-0.2, -0.15) is 0 Å². The summed E-state index contributed by atoms with van der Waals surface area (Å²) in [7, 11) is 0. The SMILES string of the molecule is CCOC(=O)[C@@H]1CCCN(Cc2c(O)cc(C)c3c2O/C(=C\c2cccnc2)C3=O)C1. The number of ether oxygens (including phenoxy) is 2. The van der Waals surface area contributed by atoms with Crippen molar-refractivity contribution in [2.45, 2.75) is 33.2 Å². The van der Waals surface area contributed by atoms with Crippen molar-refractivity contribution in [3.8, 4) is 11.5 Å². The quantitative estimate of drug-likeness (QED) is 0.583. The first-order valence-electron chi connectivity index (χ1n) is 10.6. The van der Waals surface area contributed by atoms with E-state index in [9.17, 15) is 14.7 Å². The van der Waals surface area contributed by atoms with Crippen LogP contribution in [-0.2, 0) is 16.1 Å². The number of esters is 1. The molecule has 1 aromatic carbocycles. The molecule has 31 heavy (non-hydrogen) atoms. The Balaban J connectivity index is 1.61. The molecule has 0 amide bonds. The maximum atomic E-state index is 13.0. The molecule has 0 bridgehead atoms. The van der Waals surface area contributed by atoms with Crippen LogP contribution in [0.25, 0.3) is 6.08 Å². The number of aromatic hydroxyl groups is 1. The van der Waals surface area contributed by atoms with Crippen molar-refractivity contribution in [1.82, 2.24) is 9.88 Å². The van der Waals surface area contributed by atoms with Crippen LogP contribution in [0.2, 0.25) is 0 Å². The molecule has 0 radical (unpaired) electrons. The van der Waals surface area contributed by atoms with Crippen LogP contribution in [-0.4, -0.2) is 46.4 Å². The number of benzene rings is 1. The minimum atomic E-state index is -0.208. The molecule has 1 N–H and O–H groups in total. The van der Waals surface area contributed by atoms with E-state index >= 15 is 0 Å². The number of piperidine rings is 1. The molecule has 2 aliphatic heterocycles. The minimum Gasteiger partial charge on any atom is -0.507 e. The van der Waals surface area contributed by atoms with Gasteiger partial charge in [-0.15, -0.1) is 0 Å². The summed E-state index contributed by atoms with van der Waals surface area (Å²) < 4.78 is 11.2. The molecule has 3 heterocycles. The Labute approximate surface area is 181 Å². The van der Waals surface area contributed by atoms with Crippen molar-refractivity contribution >= 4 is 17.8 Å². The number of pyridine rings is 1. The molecule has 4 rings (SSSR count). The second kappa shape index (κ2) is 8.89. The summed E-state index contributed by atoms with van der Waals surface area (Å²) in [6.45, 7) is 5.68. The van der Waals surface area contributed by atoms with Crippen LogP contribution < -0.4 is 4.74 Å². The molecule has 2 aliphatic rings. The van der Waals surface area contributed by atoms with Gasteiger partial charge in [-0.25, -0.2) is 0 Å². The Kier molecular flexibility index (Phi) is 6.04. The van der Waals surface area contributed by atoms with Gasteiger partial charge in [0.2, 0.25) is 5.78 Å². The molecule has 0 spiro atoms. The third kappa shape index (κ3) is 4.32. The van der Waals surface area contributed by atoms with Crippen LogP contribution in [0.4, 0.5) is 0 Å². The minimum absolute atomic E-state index is 0.0879. The largest absolute Gasteiger partial charge is 0.507 e. The maximum Gasteiger partial charge on any atom is 0.310 e. The Morgan fingerprint density at radius 2 is 2.29 bits per heavy atom. The summed E-state index contributed by atoms with van der Waals surface area (Å²) in [5, 5.41) is 10.7. The fraction of sp³-hybridized carbons (Fsp3) is 0.375. The molecule has 0 unspecified atom stereocenters. The number of rotatable bonds is 5. The number of aromatic nitrogens is 1. The number of phenolic OH excluding ortho intramolecular Hbond substituents is 1.